The van der Waals surface area contributed by atoms with E-state index in [2.05, 4.69) is 15.0 Å². The fourth-order valence-corrected chi connectivity index (χ4v) is 5.47. The van der Waals surface area contributed by atoms with E-state index in [-0.39, 0.29) is 16.8 Å². The number of benzene rings is 2. The van der Waals surface area contributed by atoms with Gasteiger partial charge >= 0.3 is 0 Å². The van der Waals surface area contributed by atoms with Crippen LogP contribution < -0.4 is 14.9 Å². The fourth-order valence-electron chi connectivity index (χ4n) is 3.66. The van der Waals surface area contributed by atoms with Crippen LogP contribution in [0.15, 0.2) is 52.7 Å². The molecule has 7 nitrogen and oxygen atoms in total. The van der Waals surface area contributed by atoms with Crippen LogP contribution in [0.4, 0.5) is 22.2 Å². The number of fused-ring (bicyclic) bond motifs is 1. The number of hydrogen-bond acceptors (Lipinski definition) is 6. The van der Waals surface area contributed by atoms with Gasteiger partial charge in [-0.2, -0.15) is 0 Å². The number of sulfonamides is 1. The van der Waals surface area contributed by atoms with Crippen molar-refractivity contribution in [2.24, 2.45) is 0 Å². The second-order valence-electron chi connectivity index (χ2n) is 7.34. The molecular weight excluding hydrogens is 420 g/mol. The van der Waals surface area contributed by atoms with Gasteiger partial charge in [-0.25, -0.2) is 13.4 Å². The molecule has 0 saturated carbocycles. The van der Waals surface area contributed by atoms with Gasteiger partial charge in [-0.1, -0.05) is 6.07 Å². The van der Waals surface area contributed by atoms with Gasteiger partial charge in [0.05, 0.1) is 16.3 Å². The van der Waals surface area contributed by atoms with E-state index < -0.39 is 10.0 Å². The summed E-state index contributed by atoms with van der Waals surface area (Å²) in [5.41, 5.74) is 3.75. The first kappa shape index (κ1) is 20.4. The summed E-state index contributed by atoms with van der Waals surface area (Å²) in [7, 11) is -3.77. The van der Waals surface area contributed by atoms with E-state index in [0.717, 1.165) is 27.8 Å². The standard InChI is InChI=1S/C21H22N4O3S2/c1-13-12-29-21(22-13)23-17-5-4-6-18(11-17)24-30(27,28)19-7-8-20-16(10-19)9-14(2)25(20)15(3)26/h4-8,10-12,14,24H,9H2,1-3H3,(H,22,23). The Hall–Kier alpha value is -2.91. The minimum atomic E-state index is -3.77. The monoisotopic (exact) mass is 442 g/mol. The minimum Gasteiger partial charge on any atom is -0.331 e. The average Bonchev–Trinajstić information content (AvgIpc) is 3.22. The SMILES string of the molecule is CC(=O)N1c2ccc(S(=O)(=O)Nc3cccc(Nc4nc(C)cs4)c3)cc2CC1C. The fraction of sp³-hybridized carbons (Fsp3) is 0.238. The molecule has 1 aliphatic rings. The predicted octanol–water partition coefficient (Wildman–Crippen LogP) is 4.29. The van der Waals surface area contributed by atoms with Crippen molar-refractivity contribution < 1.29 is 13.2 Å². The third-order valence-corrected chi connectivity index (χ3v) is 7.16. The molecule has 2 aromatic carbocycles. The summed E-state index contributed by atoms with van der Waals surface area (Å²) in [6.07, 6.45) is 0.630. The molecule has 1 aromatic heterocycles. The Morgan fingerprint density at radius 1 is 1.20 bits per heavy atom. The molecule has 0 saturated heterocycles. The number of carbonyl (C=O) groups excluding carboxylic acids is 1. The highest BCUT2D eigenvalue weighted by Crippen LogP contribution is 2.34. The normalized spacial score (nSPS) is 15.7. The molecule has 0 fully saturated rings. The number of nitrogens with zero attached hydrogens (tertiary/aromatic N) is 2. The third-order valence-electron chi connectivity index (χ3n) is 4.90. The topological polar surface area (TPSA) is 91.4 Å². The largest absolute Gasteiger partial charge is 0.331 e. The van der Waals surface area contributed by atoms with E-state index >= 15 is 0 Å². The van der Waals surface area contributed by atoms with Crippen LogP contribution in [-0.2, 0) is 21.2 Å². The Balaban J connectivity index is 1.56. The lowest BCUT2D eigenvalue weighted by Crippen LogP contribution is -2.33. The molecule has 2 N–H and O–H groups in total. The molecule has 156 valence electrons. The zero-order valence-electron chi connectivity index (χ0n) is 16.8. The number of anilines is 4. The molecular formula is C21H22N4O3S2. The first-order valence-corrected chi connectivity index (χ1v) is 11.8. The summed E-state index contributed by atoms with van der Waals surface area (Å²) in [6.45, 7) is 5.39. The maximum Gasteiger partial charge on any atom is 0.261 e. The van der Waals surface area contributed by atoms with E-state index in [4.69, 9.17) is 0 Å². The van der Waals surface area contributed by atoms with Gasteiger partial charge in [-0.3, -0.25) is 9.52 Å². The van der Waals surface area contributed by atoms with Gasteiger partial charge < -0.3 is 10.2 Å². The zero-order valence-corrected chi connectivity index (χ0v) is 18.5. The molecule has 30 heavy (non-hydrogen) atoms. The molecule has 1 amide bonds. The molecule has 1 atom stereocenters. The number of nitrogens with one attached hydrogen (secondary N) is 2. The molecule has 0 aliphatic carbocycles. The lowest BCUT2D eigenvalue weighted by molar-refractivity contribution is -0.116. The highest BCUT2D eigenvalue weighted by molar-refractivity contribution is 7.92. The van der Waals surface area contributed by atoms with Crippen LogP contribution >= 0.6 is 11.3 Å². The summed E-state index contributed by atoms with van der Waals surface area (Å²) >= 11 is 1.49. The van der Waals surface area contributed by atoms with Crippen LogP contribution in [0.2, 0.25) is 0 Å². The Bertz CT molecular complexity index is 1220. The predicted molar refractivity (Wildman–Crippen MR) is 120 cm³/mol. The molecule has 4 rings (SSSR count). The van der Waals surface area contributed by atoms with Crippen LogP contribution in [0.1, 0.15) is 25.1 Å². The van der Waals surface area contributed by atoms with Crippen molar-refractivity contribution in [1.29, 1.82) is 0 Å². The molecule has 3 aromatic rings. The molecule has 1 unspecified atom stereocenters. The number of aryl methyl sites for hydroxylation is 1. The minimum absolute atomic E-state index is 0.0145. The molecule has 2 heterocycles. The summed E-state index contributed by atoms with van der Waals surface area (Å²) in [5, 5.41) is 5.87. The first-order chi connectivity index (χ1) is 14.2. The van der Waals surface area contributed by atoms with Crippen molar-refractivity contribution in [3.05, 3.63) is 59.1 Å². The summed E-state index contributed by atoms with van der Waals surface area (Å²) in [5.74, 6) is -0.0466. The summed E-state index contributed by atoms with van der Waals surface area (Å²) in [4.78, 5) is 18.1. The number of amides is 1. The zero-order chi connectivity index (χ0) is 21.5. The number of carbonyl (C=O) groups is 1. The second kappa shape index (κ2) is 7.73. The molecule has 9 heteroatoms. The molecule has 1 aliphatic heterocycles. The lowest BCUT2D eigenvalue weighted by atomic mass is 10.1. The van der Waals surface area contributed by atoms with E-state index in [1.807, 2.05) is 25.3 Å². The Morgan fingerprint density at radius 3 is 2.67 bits per heavy atom. The highest BCUT2D eigenvalue weighted by Gasteiger charge is 2.30. The van der Waals surface area contributed by atoms with E-state index in [1.165, 1.54) is 24.3 Å². The van der Waals surface area contributed by atoms with Gasteiger partial charge in [0.1, 0.15) is 0 Å². The van der Waals surface area contributed by atoms with Crippen molar-refractivity contribution in [3.63, 3.8) is 0 Å². The molecule has 0 spiro atoms. The Labute approximate surface area is 179 Å². The highest BCUT2D eigenvalue weighted by atomic mass is 32.2. The van der Waals surface area contributed by atoms with Gasteiger partial charge in [0.2, 0.25) is 5.91 Å². The number of thiazole rings is 1. The first-order valence-electron chi connectivity index (χ1n) is 9.48. The van der Waals surface area contributed by atoms with Crippen LogP contribution in [0.5, 0.6) is 0 Å². The smallest absolute Gasteiger partial charge is 0.261 e. The Kier molecular flexibility index (Phi) is 5.25. The maximum atomic E-state index is 12.9. The van der Waals surface area contributed by atoms with E-state index in [1.54, 1.807) is 35.2 Å². The summed E-state index contributed by atoms with van der Waals surface area (Å²) < 4.78 is 28.5. The maximum absolute atomic E-state index is 12.9. The average molecular weight is 443 g/mol. The van der Waals surface area contributed by atoms with Crippen LogP contribution in [0, 0.1) is 6.92 Å². The Morgan fingerprint density at radius 2 is 1.97 bits per heavy atom. The van der Waals surface area contributed by atoms with Crippen LogP contribution in [0.25, 0.3) is 0 Å². The van der Waals surface area contributed by atoms with Crippen molar-refractivity contribution in [1.82, 2.24) is 4.98 Å². The number of rotatable bonds is 5. The number of aromatic nitrogens is 1. The molecule has 0 radical (unpaired) electrons. The lowest BCUT2D eigenvalue weighted by Gasteiger charge is -2.20. The van der Waals surface area contributed by atoms with E-state index in [9.17, 15) is 13.2 Å². The van der Waals surface area contributed by atoms with Gasteiger partial charge in [-0.05, 0) is 62.2 Å². The quantitative estimate of drug-likeness (QED) is 0.615. The van der Waals surface area contributed by atoms with Gasteiger partial charge in [0.15, 0.2) is 5.13 Å². The van der Waals surface area contributed by atoms with Crippen molar-refractivity contribution >= 4 is 49.5 Å². The van der Waals surface area contributed by atoms with Crippen molar-refractivity contribution in [2.45, 2.75) is 38.1 Å². The van der Waals surface area contributed by atoms with Crippen molar-refractivity contribution in [2.75, 3.05) is 14.9 Å². The van der Waals surface area contributed by atoms with Gasteiger partial charge in [0.25, 0.3) is 10.0 Å². The van der Waals surface area contributed by atoms with Crippen LogP contribution in [-0.4, -0.2) is 25.4 Å². The van der Waals surface area contributed by atoms with Gasteiger partial charge in [-0.15, -0.1) is 11.3 Å². The van der Waals surface area contributed by atoms with Crippen LogP contribution in [0.3, 0.4) is 0 Å². The molecule has 0 bridgehead atoms. The van der Waals surface area contributed by atoms with Gasteiger partial charge in [0, 0.05) is 29.7 Å². The number of hydrogen-bond donors (Lipinski definition) is 2. The van der Waals surface area contributed by atoms with Crippen molar-refractivity contribution in [3.8, 4) is 0 Å². The van der Waals surface area contributed by atoms with E-state index in [0.29, 0.717) is 12.1 Å². The summed E-state index contributed by atoms with van der Waals surface area (Å²) in [6, 6.07) is 12.0. The third kappa shape index (κ3) is 4.03. The second-order valence-corrected chi connectivity index (χ2v) is 9.88.